The monoisotopic (exact) mass is 308 g/mol. The summed E-state index contributed by atoms with van der Waals surface area (Å²) in [6.45, 7) is 15.4. The summed E-state index contributed by atoms with van der Waals surface area (Å²) in [5.74, 6) is 1.85. The van der Waals surface area contributed by atoms with Gasteiger partial charge >= 0.3 is 0 Å². The molecule has 0 unspecified atom stereocenters. The van der Waals surface area contributed by atoms with Gasteiger partial charge in [-0.1, -0.05) is 48.0 Å². The van der Waals surface area contributed by atoms with Crippen LogP contribution in [-0.4, -0.2) is 9.49 Å². The maximum atomic E-state index is 2.70. The van der Waals surface area contributed by atoms with Gasteiger partial charge in [-0.25, -0.2) is 0 Å². The molecule has 122 valence electrons. The van der Waals surface area contributed by atoms with E-state index in [0.29, 0.717) is 20.3 Å². The molecular weight excluding hydrogens is 272 g/mol. The molecule has 0 bridgehead atoms. The van der Waals surface area contributed by atoms with Gasteiger partial charge in [0.1, 0.15) is 0 Å². The molecule has 1 aliphatic heterocycles. The van der Waals surface area contributed by atoms with Gasteiger partial charge in [0.05, 0.1) is 0 Å². The Kier molecular flexibility index (Phi) is 3.80. The Morgan fingerprint density at radius 1 is 0.952 bits per heavy atom. The van der Waals surface area contributed by atoms with Crippen LogP contribution in [0.15, 0.2) is 0 Å². The quantitative estimate of drug-likeness (QED) is 0.520. The fourth-order valence-electron chi connectivity index (χ4n) is 6.54. The third kappa shape index (κ3) is 2.16. The average molecular weight is 309 g/mol. The normalized spacial score (nSPS) is 52.9. The number of thioether (sulfide) groups is 1. The molecule has 1 heteroatoms. The van der Waals surface area contributed by atoms with Gasteiger partial charge in [0, 0.05) is 9.49 Å². The molecule has 1 saturated heterocycles. The molecule has 3 rings (SSSR count). The molecule has 1 spiro atoms. The van der Waals surface area contributed by atoms with Gasteiger partial charge in [0.25, 0.3) is 0 Å². The molecule has 0 aromatic rings. The average Bonchev–Trinajstić information content (AvgIpc) is 2.76. The van der Waals surface area contributed by atoms with E-state index in [1.165, 1.54) is 51.4 Å². The Bertz CT molecular complexity index is 414. The van der Waals surface area contributed by atoms with Gasteiger partial charge in [-0.2, -0.15) is 0 Å². The molecule has 2 saturated carbocycles. The van der Waals surface area contributed by atoms with Crippen LogP contribution in [0.3, 0.4) is 0 Å². The Balaban J connectivity index is 2.02. The predicted octanol–water partition coefficient (Wildman–Crippen LogP) is 6.68. The molecule has 0 aromatic carbocycles. The van der Waals surface area contributed by atoms with E-state index in [4.69, 9.17) is 0 Å². The highest BCUT2D eigenvalue weighted by Crippen LogP contribution is 2.72. The third-order valence-corrected chi connectivity index (χ3v) is 10.5. The van der Waals surface area contributed by atoms with Crippen molar-refractivity contribution >= 4 is 11.8 Å². The van der Waals surface area contributed by atoms with Crippen LogP contribution in [0.5, 0.6) is 0 Å². The summed E-state index contributed by atoms with van der Waals surface area (Å²) in [5.41, 5.74) is 1.13. The first kappa shape index (κ1) is 16.2. The van der Waals surface area contributed by atoms with Crippen molar-refractivity contribution in [1.82, 2.24) is 0 Å². The standard InChI is InChI=1S/C20H36S/c1-7-18(5)13-14-20(21-18)15(2)9-10-16-17(3,4)11-8-12-19(16,20)6/h15-16H,7-14H2,1-6H3/t15-,16-,18+,19-,20+/m0/s1. The Morgan fingerprint density at radius 2 is 1.67 bits per heavy atom. The van der Waals surface area contributed by atoms with Crippen LogP contribution >= 0.6 is 11.8 Å². The maximum absolute atomic E-state index is 2.70. The Labute approximate surface area is 137 Å². The van der Waals surface area contributed by atoms with Crippen molar-refractivity contribution in [3.8, 4) is 0 Å². The van der Waals surface area contributed by atoms with Crippen molar-refractivity contribution < 1.29 is 0 Å². The van der Waals surface area contributed by atoms with Crippen LogP contribution in [0.2, 0.25) is 0 Å². The first-order chi connectivity index (χ1) is 9.69. The number of hydrogen-bond acceptors (Lipinski definition) is 1. The van der Waals surface area contributed by atoms with E-state index in [1.807, 2.05) is 0 Å². The minimum absolute atomic E-state index is 0.542. The van der Waals surface area contributed by atoms with E-state index in [0.717, 1.165) is 11.8 Å². The van der Waals surface area contributed by atoms with Crippen LogP contribution in [0, 0.1) is 22.7 Å². The lowest BCUT2D eigenvalue weighted by molar-refractivity contribution is -0.0766. The van der Waals surface area contributed by atoms with E-state index >= 15 is 0 Å². The zero-order valence-corrected chi connectivity index (χ0v) is 16.0. The highest BCUT2D eigenvalue weighted by molar-refractivity contribution is 8.02. The minimum Gasteiger partial charge on any atom is -0.148 e. The second-order valence-corrected chi connectivity index (χ2v) is 11.5. The highest BCUT2D eigenvalue weighted by atomic mass is 32.2. The maximum Gasteiger partial charge on any atom is 0.0248 e. The van der Waals surface area contributed by atoms with Crippen molar-refractivity contribution in [3.63, 3.8) is 0 Å². The van der Waals surface area contributed by atoms with Gasteiger partial charge in [-0.3, -0.25) is 0 Å². The van der Waals surface area contributed by atoms with Crippen LogP contribution in [-0.2, 0) is 0 Å². The fourth-order valence-corrected chi connectivity index (χ4v) is 8.77. The van der Waals surface area contributed by atoms with Gasteiger partial charge in [0.15, 0.2) is 0 Å². The largest absolute Gasteiger partial charge is 0.148 e. The van der Waals surface area contributed by atoms with Gasteiger partial charge in [-0.05, 0) is 67.6 Å². The van der Waals surface area contributed by atoms with Gasteiger partial charge < -0.3 is 0 Å². The molecule has 0 nitrogen and oxygen atoms in total. The molecule has 0 aromatic heterocycles. The predicted molar refractivity (Wildman–Crippen MR) is 95.9 cm³/mol. The second kappa shape index (κ2) is 4.92. The van der Waals surface area contributed by atoms with Crippen molar-refractivity contribution in [2.45, 2.75) is 102 Å². The lowest BCUT2D eigenvalue weighted by Crippen LogP contribution is -2.59. The molecule has 5 atom stereocenters. The molecule has 0 N–H and O–H groups in total. The SMILES string of the molecule is CC[C@]1(C)CC[C@@]2(S1)[C@@H](C)CC[C@H]1C(C)(C)CCC[C@@]12C. The topological polar surface area (TPSA) is 0 Å². The van der Waals surface area contributed by atoms with Crippen molar-refractivity contribution in [1.29, 1.82) is 0 Å². The van der Waals surface area contributed by atoms with Gasteiger partial charge in [0.2, 0.25) is 0 Å². The smallest absolute Gasteiger partial charge is 0.0248 e. The first-order valence-electron chi connectivity index (χ1n) is 9.39. The van der Waals surface area contributed by atoms with Crippen LogP contribution in [0.25, 0.3) is 0 Å². The molecule has 3 fully saturated rings. The van der Waals surface area contributed by atoms with Crippen molar-refractivity contribution in [3.05, 3.63) is 0 Å². The summed E-state index contributed by atoms with van der Waals surface area (Å²) in [6, 6.07) is 0. The second-order valence-electron chi connectivity index (χ2n) is 9.59. The Morgan fingerprint density at radius 3 is 2.29 bits per heavy atom. The van der Waals surface area contributed by atoms with Crippen LogP contribution in [0.4, 0.5) is 0 Å². The van der Waals surface area contributed by atoms with E-state index < -0.39 is 0 Å². The molecule has 1 heterocycles. The summed E-state index contributed by atoms with van der Waals surface area (Å²) in [4.78, 5) is 0. The number of rotatable bonds is 1. The van der Waals surface area contributed by atoms with Crippen molar-refractivity contribution in [2.24, 2.45) is 22.7 Å². The van der Waals surface area contributed by atoms with Gasteiger partial charge in [-0.15, -0.1) is 11.8 Å². The molecule has 0 amide bonds. The number of hydrogen-bond donors (Lipinski definition) is 0. The van der Waals surface area contributed by atoms with Crippen LogP contribution in [0.1, 0.15) is 92.9 Å². The first-order valence-corrected chi connectivity index (χ1v) is 10.2. The minimum atomic E-state index is 0.542. The molecular formula is C20H36S. The lowest BCUT2D eigenvalue weighted by Gasteiger charge is -2.64. The molecule has 21 heavy (non-hydrogen) atoms. The van der Waals surface area contributed by atoms with E-state index in [-0.39, 0.29) is 0 Å². The molecule has 0 radical (unpaired) electrons. The summed E-state index contributed by atoms with van der Waals surface area (Å²) in [5, 5.41) is 0. The highest BCUT2D eigenvalue weighted by Gasteiger charge is 2.65. The van der Waals surface area contributed by atoms with Crippen LogP contribution < -0.4 is 0 Å². The van der Waals surface area contributed by atoms with E-state index in [9.17, 15) is 0 Å². The number of fused-ring (bicyclic) bond motifs is 2. The zero-order valence-electron chi connectivity index (χ0n) is 15.2. The fraction of sp³-hybridized carbons (Fsp3) is 1.00. The molecule has 3 aliphatic rings. The summed E-state index contributed by atoms with van der Waals surface area (Å²) >= 11 is 2.43. The summed E-state index contributed by atoms with van der Waals surface area (Å²) in [7, 11) is 0. The third-order valence-electron chi connectivity index (χ3n) is 8.08. The summed E-state index contributed by atoms with van der Waals surface area (Å²) in [6.07, 6.45) is 11.6. The van der Waals surface area contributed by atoms with E-state index in [1.54, 1.807) is 0 Å². The summed E-state index contributed by atoms with van der Waals surface area (Å²) < 4.78 is 1.11. The van der Waals surface area contributed by atoms with E-state index in [2.05, 4.69) is 53.3 Å². The molecule has 2 aliphatic carbocycles. The zero-order chi connectivity index (χ0) is 15.5. The Hall–Kier alpha value is 0.350. The van der Waals surface area contributed by atoms with Crippen molar-refractivity contribution in [2.75, 3.05) is 0 Å². The lowest BCUT2D eigenvalue weighted by atomic mass is 9.45.